The summed E-state index contributed by atoms with van der Waals surface area (Å²) in [6, 6.07) is 4.60. The Morgan fingerprint density at radius 2 is 1.90 bits per heavy atom. The summed E-state index contributed by atoms with van der Waals surface area (Å²) in [5.74, 6) is 0. The molecule has 0 radical (unpaired) electrons. The van der Waals surface area contributed by atoms with Crippen molar-refractivity contribution in [3.8, 4) is 0 Å². The lowest BCUT2D eigenvalue weighted by Gasteiger charge is -2.34. The molecule has 3 heterocycles. The highest BCUT2D eigenvalue weighted by molar-refractivity contribution is 6.32. The number of pyridine rings is 1. The van der Waals surface area contributed by atoms with E-state index in [0.29, 0.717) is 22.3 Å². The summed E-state index contributed by atoms with van der Waals surface area (Å²) in [5.41, 5.74) is 6.86. The third-order valence-corrected chi connectivity index (χ3v) is 5.15. The fourth-order valence-electron chi connectivity index (χ4n) is 3.32. The lowest BCUT2D eigenvalue weighted by molar-refractivity contribution is 0.151. The molecule has 0 aromatic carbocycles. The summed E-state index contributed by atoms with van der Waals surface area (Å²) >= 11 is 12.2. The van der Waals surface area contributed by atoms with Crippen molar-refractivity contribution in [2.45, 2.75) is 37.9 Å². The van der Waals surface area contributed by atoms with Gasteiger partial charge in [0.25, 0.3) is 0 Å². The molecule has 0 amide bonds. The molecular formula is C15H22Cl2N4. The maximum Gasteiger partial charge on any atom is 0.129 e. The van der Waals surface area contributed by atoms with Gasteiger partial charge in [-0.05, 0) is 44.5 Å². The lowest BCUT2D eigenvalue weighted by Crippen LogP contribution is -2.46. The molecule has 0 spiro atoms. The Bertz CT molecular complexity index is 489. The molecule has 21 heavy (non-hydrogen) atoms. The zero-order valence-electron chi connectivity index (χ0n) is 12.1. The Kier molecular flexibility index (Phi) is 5.02. The maximum atomic E-state index is 6.20. The number of aromatic nitrogens is 1. The van der Waals surface area contributed by atoms with E-state index in [1.807, 2.05) is 6.07 Å². The number of piperidine rings is 1. The van der Waals surface area contributed by atoms with Crippen molar-refractivity contribution in [1.29, 1.82) is 0 Å². The first-order chi connectivity index (χ1) is 10.1. The van der Waals surface area contributed by atoms with Crippen molar-refractivity contribution in [3.63, 3.8) is 0 Å². The van der Waals surface area contributed by atoms with E-state index in [9.17, 15) is 0 Å². The first-order valence-electron chi connectivity index (χ1n) is 7.65. The minimum atomic E-state index is 0.397. The number of hydrogen-bond donors (Lipinski definition) is 1. The fourth-order valence-corrected chi connectivity index (χ4v) is 3.65. The monoisotopic (exact) mass is 328 g/mol. The van der Waals surface area contributed by atoms with E-state index in [4.69, 9.17) is 28.9 Å². The molecule has 1 aromatic rings. The quantitative estimate of drug-likeness (QED) is 0.865. The van der Waals surface area contributed by atoms with Gasteiger partial charge in [-0.1, -0.05) is 23.2 Å². The minimum Gasteiger partial charge on any atom is -0.328 e. The van der Waals surface area contributed by atoms with Crippen molar-refractivity contribution < 1.29 is 0 Å². The number of nitrogens with two attached hydrogens (primary N) is 1. The van der Waals surface area contributed by atoms with Crippen LogP contribution < -0.4 is 5.73 Å². The van der Waals surface area contributed by atoms with E-state index >= 15 is 0 Å². The normalized spacial score (nSPS) is 25.6. The molecule has 0 aliphatic carbocycles. The first kappa shape index (κ1) is 15.5. The second kappa shape index (κ2) is 6.80. The number of halogens is 2. The Balaban J connectivity index is 1.56. The van der Waals surface area contributed by atoms with Crippen LogP contribution in [-0.4, -0.2) is 53.0 Å². The SMILES string of the molecule is NC1CCN(C2CCN(Cc3nc(Cl)ccc3Cl)C2)CC1. The molecule has 2 N–H and O–H groups in total. The second-order valence-corrected chi connectivity index (χ2v) is 6.91. The first-order valence-corrected chi connectivity index (χ1v) is 8.40. The van der Waals surface area contributed by atoms with Crippen LogP contribution in [0.2, 0.25) is 10.2 Å². The van der Waals surface area contributed by atoms with Crippen LogP contribution in [0.1, 0.15) is 25.0 Å². The average Bonchev–Trinajstić information content (AvgIpc) is 2.92. The van der Waals surface area contributed by atoms with Crippen LogP contribution in [0.3, 0.4) is 0 Å². The Labute approximate surface area is 136 Å². The summed E-state index contributed by atoms with van der Waals surface area (Å²) in [6.07, 6.45) is 3.46. The highest BCUT2D eigenvalue weighted by Gasteiger charge is 2.30. The third-order valence-electron chi connectivity index (χ3n) is 4.60. The van der Waals surface area contributed by atoms with Crippen LogP contribution in [-0.2, 0) is 6.54 Å². The lowest BCUT2D eigenvalue weighted by atomic mass is 10.0. The average molecular weight is 329 g/mol. The predicted octanol–water partition coefficient (Wildman–Crippen LogP) is 2.39. The van der Waals surface area contributed by atoms with Crippen molar-refractivity contribution in [2.24, 2.45) is 5.73 Å². The Morgan fingerprint density at radius 3 is 2.67 bits per heavy atom. The molecule has 1 aromatic heterocycles. The van der Waals surface area contributed by atoms with Gasteiger partial charge in [0.15, 0.2) is 0 Å². The molecular weight excluding hydrogens is 307 g/mol. The van der Waals surface area contributed by atoms with E-state index in [2.05, 4.69) is 14.8 Å². The molecule has 0 saturated carbocycles. The minimum absolute atomic E-state index is 0.397. The Morgan fingerprint density at radius 1 is 1.14 bits per heavy atom. The third kappa shape index (κ3) is 3.88. The molecule has 2 saturated heterocycles. The van der Waals surface area contributed by atoms with Crippen molar-refractivity contribution in [1.82, 2.24) is 14.8 Å². The van der Waals surface area contributed by atoms with Crippen molar-refractivity contribution in [3.05, 3.63) is 28.0 Å². The van der Waals surface area contributed by atoms with Gasteiger partial charge >= 0.3 is 0 Å². The highest BCUT2D eigenvalue weighted by atomic mass is 35.5. The van der Waals surface area contributed by atoms with Crippen LogP contribution in [0, 0.1) is 0 Å². The van der Waals surface area contributed by atoms with Crippen LogP contribution in [0.5, 0.6) is 0 Å². The van der Waals surface area contributed by atoms with Gasteiger partial charge in [0.1, 0.15) is 5.15 Å². The van der Waals surface area contributed by atoms with Gasteiger partial charge in [-0.3, -0.25) is 9.80 Å². The van der Waals surface area contributed by atoms with Crippen molar-refractivity contribution in [2.75, 3.05) is 26.2 Å². The van der Waals surface area contributed by atoms with Crippen molar-refractivity contribution >= 4 is 23.2 Å². The molecule has 6 heteroatoms. The van der Waals surface area contributed by atoms with Gasteiger partial charge in [0, 0.05) is 31.7 Å². The molecule has 4 nitrogen and oxygen atoms in total. The Hall–Kier alpha value is -0.390. The smallest absolute Gasteiger partial charge is 0.129 e. The number of hydrogen-bond acceptors (Lipinski definition) is 4. The zero-order chi connectivity index (χ0) is 14.8. The molecule has 3 rings (SSSR count). The van der Waals surface area contributed by atoms with Gasteiger partial charge in [-0.2, -0.15) is 0 Å². The molecule has 1 unspecified atom stereocenters. The van der Waals surface area contributed by atoms with Gasteiger partial charge < -0.3 is 5.73 Å². The van der Waals surface area contributed by atoms with E-state index in [1.54, 1.807) is 6.07 Å². The molecule has 1 atom stereocenters. The molecule has 0 bridgehead atoms. The highest BCUT2D eigenvalue weighted by Crippen LogP contribution is 2.24. The van der Waals surface area contributed by atoms with E-state index in [0.717, 1.165) is 51.3 Å². The summed E-state index contributed by atoms with van der Waals surface area (Å²) in [5, 5.41) is 1.21. The van der Waals surface area contributed by atoms with Crippen LogP contribution in [0.4, 0.5) is 0 Å². The molecule has 2 fully saturated rings. The summed E-state index contributed by atoms with van der Waals surface area (Å²) in [7, 11) is 0. The standard InChI is InChI=1S/C15H22Cl2N4/c16-13-1-2-15(17)19-14(13)10-20-6-5-12(9-20)21-7-3-11(18)4-8-21/h1-2,11-12H,3-10,18H2. The van der Waals surface area contributed by atoms with Crippen LogP contribution in [0.15, 0.2) is 12.1 Å². The van der Waals surface area contributed by atoms with Gasteiger partial charge in [0.05, 0.1) is 10.7 Å². The van der Waals surface area contributed by atoms with Crippen LogP contribution >= 0.6 is 23.2 Å². The number of rotatable bonds is 3. The molecule has 116 valence electrons. The van der Waals surface area contributed by atoms with E-state index in [1.165, 1.54) is 6.42 Å². The topological polar surface area (TPSA) is 45.4 Å². The molecule has 2 aliphatic heterocycles. The summed E-state index contributed by atoms with van der Waals surface area (Å²) in [4.78, 5) is 9.36. The maximum absolute atomic E-state index is 6.20. The number of likely N-dealkylation sites (tertiary alicyclic amines) is 2. The largest absolute Gasteiger partial charge is 0.328 e. The second-order valence-electron chi connectivity index (χ2n) is 6.11. The summed E-state index contributed by atoms with van der Waals surface area (Å²) < 4.78 is 0. The number of nitrogens with zero attached hydrogens (tertiary/aromatic N) is 3. The molecule has 2 aliphatic rings. The van der Waals surface area contributed by atoms with Gasteiger partial charge in [-0.15, -0.1) is 0 Å². The fraction of sp³-hybridized carbons (Fsp3) is 0.667. The van der Waals surface area contributed by atoms with Gasteiger partial charge in [0.2, 0.25) is 0 Å². The zero-order valence-corrected chi connectivity index (χ0v) is 13.7. The predicted molar refractivity (Wildman–Crippen MR) is 86.7 cm³/mol. The van der Waals surface area contributed by atoms with Gasteiger partial charge in [-0.25, -0.2) is 4.98 Å². The summed E-state index contributed by atoms with van der Waals surface area (Å²) in [6.45, 7) is 5.23. The van der Waals surface area contributed by atoms with Crippen LogP contribution in [0.25, 0.3) is 0 Å². The van der Waals surface area contributed by atoms with E-state index in [-0.39, 0.29) is 0 Å². The van der Waals surface area contributed by atoms with E-state index < -0.39 is 0 Å².